The summed E-state index contributed by atoms with van der Waals surface area (Å²) >= 11 is 1.50. The highest BCUT2D eigenvalue weighted by Gasteiger charge is 2.23. The molecule has 108 valence electrons. The minimum atomic E-state index is 0.0487. The van der Waals surface area contributed by atoms with Gasteiger partial charge in [0.25, 0.3) is 5.56 Å². The Morgan fingerprint density at radius 3 is 3.15 bits per heavy atom. The lowest BCUT2D eigenvalue weighted by atomic mass is 9.93. The standard InChI is InChI=1S/C15H21N3OS/c1-20-15-16-13-7-8-18(10-12(13)14(19)17-15)9-11-5-3-2-4-6-11/h2-3,11H,4-10H2,1H3,(H,16,17,19). The SMILES string of the molecule is CSc1nc2c(c(=O)[nH]1)CN(CC1CC=CCC1)CC2. The Hall–Kier alpha value is -1.07. The van der Waals surface area contributed by atoms with Crippen molar-refractivity contribution in [1.29, 1.82) is 0 Å². The van der Waals surface area contributed by atoms with Gasteiger partial charge in [-0.1, -0.05) is 23.9 Å². The van der Waals surface area contributed by atoms with Crippen LogP contribution in [-0.2, 0) is 13.0 Å². The third-order valence-electron chi connectivity index (χ3n) is 4.21. The first-order chi connectivity index (χ1) is 9.76. The fourth-order valence-electron chi connectivity index (χ4n) is 3.10. The van der Waals surface area contributed by atoms with Crippen molar-refractivity contribution >= 4 is 11.8 Å². The summed E-state index contributed by atoms with van der Waals surface area (Å²) in [6, 6.07) is 0. The number of fused-ring (bicyclic) bond motifs is 1. The van der Waals surface area contributed by atoms with Crippen LogP contribution in [0.1, 0.15) is 30.5 Å². The van der Waals surface area contributed by atoms with Crippen LogP contribution in [0.5, 0.6) is 0 Å². The number of H-pyrrole nitrogens is 1. The lowest BCUT2D eigenvalue weighted by molar-refractivity contribution is 0.203. The molecular formula is C15H21N3OS. The number of aromatic amines is 1. The number of aromatic nitrogens is 2. The van der Waals surface area contributed by atoms with Crippen LogP contribution in [0.3, 0.4) is 0 Å². The number of hydrogen-bond acceptors (Lipinski definition) is 4. The second kappa shape index (κ2) is 6.14. The van der Waals surface area contributed by atoms with Crippen LogP contribution < -0.4 is 5.56 Å². The molecule has 0 amide bonds. The van der Waals surface area contributed by atoms with E-state index in [-0.39, 0.29) is 5.56 Å². The van der Waals surface area contributed by atoms with Gasteiger partial charge in [-0.05, 0) is 31.4 Å². The fraction of sp³-hybridized carbons (Fsp3) is 0.600. The predicted molar refractivity (Wildman–Crippen MR) is 82.1 cm³/mol. The normalized spacial score (nSPS) is 22.8. The van der Waals surface area contributed by atoms with E-state index >= 15 is 0 Å². The molecule has 1 aliphatic carbocycles. The smallest absolute Gasteiger partial charge is 0.256 e. The highest BCUT2D eigenvalue weighted by molar-refractivity contribution is 7.98. The van der Waals surface area contributed by atoms with Crippen LogP contribution in [0.2, 0.25) is 0 Å². The Kier molecular flexibility index (Phi) is 4.27. The van der Waals surface area contributed by atoms with Crippen molar-refractivity contribution in [1.82, 2.24) is 14.9 Å². The minimum Gasteiger partial charge on any atom is -0.301 e. The van der Waals surface area contributed by atoms with Crippen LogP contribution >= 0.6 is 11.8 Å². The first kappa shape index (κ1) is 13.9. The average molecular weight is 291 g/mol. The van der Waals surface area contributed by atoms with Crippen LogP contribution in [0, 0.1) is 5.92 Å². The lowest BCUT2D eigenvalue weighted by Gasteiger charge is -2.31. The zero-order chi connectivity index (χ0) is 13.9. The van der Waals surface area contributed by atoms with Gasteiger partial charge in [0, 0.05) is 26.1 Å². The molecule has 2 aliphatic rings. The van der Waals surface area contributed by atoms with Crippen LogP contribution in [0.4, 0.5) is 0 Å². The summed E-state index contributed by atoms with van der Waals surface area (Å²) in [6.45, 7) is 2.89. The minimum absolute atomic E-state index is 0.0487. The molecule has 0 saturated heterocycles. The number of hydrogen-bond donors (Lipinski definition) is 1. The molecule has 20 heavy (non-hydrogen) atoms. The van der Waals surface area contributed by atoms with Gasteiger partial charge >= 0.3 is 0 Å². The van der Waals surface area contributed by atoms with Crippen molar-refractivity contribution in [2.24, 2.45) is 5.92 Å². The molecule has 0 fully saturated rings. The van der Waals surface area contributed by atoms with Crippen molar-refractivity contribution in [3.63, 3.8) is 0 Å². The third kappa shape index (κ3) is 2.99. The van der Waals surface area contributed by atoms with Gasteiger partial charge < -0.3 is 4.98 Å². The topological polar surface area (TPSA) is 49.0 Å². The van der Waals surface area contributed by atoms with Crippen molar-refractivity contribution < 1.29 is 0 Å². The zero-order valence-corrected chi connectivity index (χ0v) is 12.7. The van der Waals surface area contributed by atoms with Gasteiger partial charge in [-0.25, -0.2) is 4.98 Å². The molecule has 0 radical (unpaired) electrons. The Morgan fingerprint density at radius 1 is 1.50 bits per heavy atom. The molecule has 5 heteroatoms. The largest absolute Gasteiger partial charge is 0.301 e. The summed E-state index contributed by atoms with van der Waals surface area (Å²) < 4.78 is 0. The third-order valence-corrected chi connectivity index (χ3v) is 4.79. The van der Waals surface area contributed by atoms with Gasteiger partial charge in [0.05, 0.1) is 11.3 Å². The molecule has 2 heterocycles. The van der Waals surface area contributed by atoms with Crippen molar-refractivity contribution in [2.45, 2.75) is 37.4 Å². The molecule has 4 nitrogen and oxygen atoms in total. The molecule has 1 atom stereocenters. The van der Waals surface area contributed by atoms with Crippen molar-refractivity contribution in [3.8, 4) is 0 Å². The van der Waals surface area contributed by atoms with E-state index in [1.807, 2.05) is 6.26 Å². The second-order valence-electron chi connectivity index (χ2n) is 5.64. The Labute approximate surface area is 123 Å². The Bertz CT molecular complexity index is 567. The molecule has 1 unspecified atom stereocenters. The van der Waals surface area contributed by atoms with Gasteiger partial charge in [0.15, 0.2) is 5.16 Å². The number of allylic oxidation sites excluding steroid dienone is 2. The molecule has 0 aromatic carbocycles. The highest BCUT2D eigenvalue weighted by Crippen LogP contribution is 2.22. The van der Waals surface area contributed by atoms with E-state index in [1.165, 1.54) is 31.0 Å². The van der Waals surface area contributed by atoms with Gasteiger partial charge in [-0.3, -0.25) is 9.69 Å². The van der Waals surface area contributed by atoms with E-state index in [2.05, 4.69) is 27.0 Å². The Morgan fingerprint density at radius 2 is 2.40 bits per heavy atom. The average Bonchev–Trinajstić information content (AvgIpc) is 2.48. The zero-order valence-electron chi connectivity index (χ0n) is 11.9. The first-order valence-electron chi connectivity index (χ1n) is 7.29. The van der Waals surface area contributed by atoms with E-state index < -0.39 is 0 Å². The summed E-state index contributed by atoms with van der Waals surface area (Å²) in [5, 5.41) is 0.736. The quantitative estimate of drug-likeness (QED) is 0.527. The maximum atomic E-state index is 12.1. The van der Waals surface area contributed by atoms with Crippen molar-refractivity contribution in [2.75, 3.05) is 19.3 Å². The second-order valence-corrected chi connectivity index (χ2v) is 6.43. The predicted octanol–water partition coefficient (Wildman–Crippen LogP) is 2.21. The van der Waals surface area contributed by atoms with Crippen LogP contribution in [0.15, 0.2) is 22.1 Å². The summed E-state index contributed by atoms with van der Waals surface area (Å²) in [5.41, 5.74) is 1.92. The Balaban J connectivity index is 1.71. The number of rotatable bonds is 3. The number of nitrogens with zero attached hydrogens (tertiary/aromatic N) is 2. The molecule has 1 N–H and O–H groups in total. The number of nitrogens with one attached hydrogen (secondary N) is 1. The molecular weight excluding hydrogens is 270 g/mol. The first-order valence-corrected chi connectivity index (χ1v) is 8.52. The van der Waals surface area contributed by atoms with Crippen LogP contribution in [-0.4, -0.2) is 34.2 Å². The molecule has 0 saturated carbocycles. The van der Waals surface area contributed by atoms with Gasteiger partial charge in [0.1, 0.15) is 0 Å². The maximum absolute atomic E-state index is 12.1. The van der Waals surface area contributed by atoms with E-state index in [9.17, 15) is 4.79 Å². The molecule has 1 aliphatic heterocycles. The molecule has 1 aromatic rings. The fourth-order valence-corrected chi connectivity index (χ4v) is 3.49. The van der Waals surface area contributed by atoms with E-state index in [1.54, 1.807) is 0 Å². The molecule has 0 bridgehead atoms. The lowest BCUT2D eigenvalue weighted by Crippen LogP contribution is -2.38. The van der Waals surface area contributed by atoms with Crippen molar-refractivity contribution in [3.05, 3.63) is 33.8 Å². The molecule has 3 rings (SSSR count). The van der Waals surface area contributed by atoms with E-state index in [4.69, 9.17) is 0 Å². The summed E-state index contributed by atoms with van der Waals surface area (Å²) in [7, 11) is 0. The van der Waals surface area contributed by atoms with Crippen LogP contribution in [0.25, 0.3) is 0 Å². The highest BCUT2D eigenvalue weighted by atomic mass is 32.2. The molecule has 0 spiro atoms. The van der Waals surface area contributed by atoms with Gasteiger partial charge in [-0.2, -0.15) is 0 Å². The molecule has 1 aromatic heterocycles. The van der Waals surface area contributed by atoms with E-state index in [0.717, 1.165) is 48.4 Å². The maximum Gasteiger partial charge on any atom is 0.256 e. The van der Waals surface area contributed by atoms with Gasteiger partial charge in [0.2, 0.25) is 0 Å². The summed E-state index contributed by atoms with van der Waals surface area (Å²) in [4.78, 5) is 22.0. The van der Waals surface area contributed by atoms with Gasteiger partial charge in [-0.15, -0.1) is 0 Å². The number of thioether (sulfide) groups is 1. The summed E-state index contributed by atoms with van der Waals surface area (Å²) in [6.07, 6.45) is 11.1. The van der Waals surface area contributed by atoms with E-state index in [0.29, 0.717) is 0 Å². The monoisotopic (exact) mass is 291 g/mol. The summed E-state index contributed by atoms with van der Waals surface area (Å²) in [5.74, 6) is 0.749.